The summed E-state index contributed by atoms with van der Waals surface area (Å²) in [4.78, 5) is 14.3. The Bertz CT molecular complexity index is 670. The molecule has 1 amide bonds. The van der Waals surface area contributed by atoms with Crippen LogP contribution in [0.25, 0.3) is 0 Å². The Kier molecular flexibility index (Phi) is 4.53. The van der Waals surface area contributed by atoms with Crippen molar-refractivity contribution in [3.63, 3.8) is 0 Å². The third-order valence-electron chi connectivity index (χ3n) is 3.74. The van der Waals surface area contributed by atoms with Crippen molar-refractivity contribution >= 4 is 23.2 Å². The van der Waals surface area contributed by atoms with Crippen molar-refractivity contribution in [3.8, 4) is 0 Å². The van der Waals surface area contributed by atoms with E-state index in [4.69, 9.17) is 17.3 Å². The summed E-state index contributed by atoms with van der Waals surface area (Å²) in [5.41, 5.74) is 8.86. The van der Waals surface area contributed by atoms with Gasteiger partial charge in [0.1, 0.15) is 0 Å². The van der Waals surface area contributed by atoms with Gasteiger partial charge in [-0.3, -0.25) is 4.79 Å². The first-order valence-corrected chi connectivity index (χ1v) is 7.17. The van der Waals surface area contributed by atoms with Crippen molar-refractivity contribution in [2.75, 3.05) is 12.8 Å². The Labute approximate surface area is 130 Å². The summed E-state index contributed by atoms with van der Waals surface area (Å²) < 4.78 is 0. The highest BCUT2D eigenvalue weighted by molar-refractivity contribution is 6.31. The number of rotatable bonds is 3. The molecule has 0 heterocycles. The van der Waals surface area contributed by atoms with Crippen LogP contribution in [0.15, 0.2) is 42.5 Å². The molecule has 110 valence electrons. The van der Waals surface area contributed by atoms with Crippen molar-refractivity contribution < 1.29 is 4.79 Å². The monoisotopic (exact) mass is 302 g/mol. The maximum Gasteiger partial charge on any atom is 0.254 e. The van der Waals surface area contributed by atoms with Crippen LogP contribution in [0.5, 0.6) is 0 Å². The van der Waals surface area contributed by atoms with Gasteiger partial charge >= 0.3 is 0 Å². The minimum Gasteiger partial charge on any atom is -0.399 e. The number of nitrogens with two attached hydrogens (primary N) is 1. The predicted octanol–water partition coefficient (Wildman–Crippen LogP) is 4.06. The zero-order chi connectivity index (χ0) is 15.6. The van der Waals surface area contributed by atoms with Gasteiger partial charge in [0.05, 0.1) is 6.04 Å². The fourth-order valence-electron chi connectivity index (χ4n) is 2.32. The Morgan fingerprint density at radius 2 is 1.90 bits per heavy atom. The quantitative estimate of drug-likeness (QED) is 0.869. The van der Waals surface area contributed by atoms with E-state index in [1.54, 1.807) is 30.1 Å². The van der Waals surface area contributed by atoms with E-state index in [2.05, 4.69) is 0 Å². The second-order valence-electron chi connectivity index (χ2n) is 5.19. The molecule has 0 aliphatic rings. The number of hydrogen-bond donors (Lipinski definition) is 1. The number of aryl methyl sites for hydroxylation is 1. The normalized spacial score (nSPS) is 12.0. The molecule has 1 unspecified atom stereocenters. The largest absolute Gasteiger partial charge is 0.399 e. The molecule has 4 heteroatoms. The van der Waals surface area contributed by atoms with Crippen molar-refractivity contribution in [1.82, 2.24) is 4.90 Å². The molecule has 0 bridgehead atoms. The summed E-state index contributed by atoms with van der Waals surface area (Å²) in [5, 5.41) is 0.665. The van der Waals surface area contributed by atoms with Crippen LogP contribution in [-0.4, -0.2) is 17.9 Å². The highest BCUT2D eigenvalue weighted by atomic mass is 35.5. The highest BCUT2D eigenvalue weighted by Gasteiger charge is 2.21. The average Bonchev–Trinajstić information content (AvgIpc) is 2.45. The minimum atomic E-state index is -0.108. The second-order valence-corrected chi connectivity index (χ2v) is 5.60. The minimum absolute atomic E-state index is 0.0417. The molecule has 1 atom stereocenters. The Hall–Kier alpha value is -2.00. The smallest absolute Gasteiger partial charge is 0.254 e. The van der Waals surface area contributed by atoms with Crippen LogP contribution < -0.4 is 5.73 Å². The zero-order valence-corrected chi connectivity index (χ0v) is 13.2. The summed E-state index contributed by atoms with van der Waals surface area (Å²) in [6.07, 6.45) is 0. The topological polar surface area (TPSA) is 46.3 Å². The lowest BCUT2D eigenvalue weighted by Crippen LogP contribution is -2.30. The van der Waals surface area contributed by atoms with Gasteiger partial charge in [-0.2, -0.15) is 0 Å². The lowest BCUT2D eigenvalue weighted by molar-refractivity contribution is 0.0742. The van der Waals surface area contributed by atoms with Crippen LogP contribution in [0.4, 0.5) is 5.69 Å². The Morgan fingerprint density at radius 1 is 1.24 bits per heavy atom. The fraction of sp³-hybridized carbons (Fsp3) is 0.235. The molecule has 0 saturated heterocycles. The summed E-state index contributed by atoms with van der Waals surface area (Å²) in [6.45, 7) is 3.85. The van der Waals surface area contributed by atoms with E-state index in [0.717, 1.165) is 11.1 Å². The van der Waals surface area contributed by atoms with E-state index in [0.29, 0.717) is 16.3 Å². The third kappa shape index (κ3) is 3.19. The van der Waals surface area contributed by atoms with Crippen LogP contribution in [0.3, 0.4) is 0 Å². The van der Waals surface area contributed by atoms with Crippen LogP contribution in [0.1, 0.15) is 34.5 Å². The molecule has 0 spiro atoms. The number of halogens is 1. The Balaban J connectivity index is 2.29. The van der Waals surface area contributed by atoms with Gasteiger partial charge in [-0.05, 0) is 49.2 Å². The molecule has 2 aromatic carbocycles. The zero-order valence-electron chi connectivity index (χ0n) is 12.4. The van der Waals surface area contributed by atoms with E-state index in [1.807, 2.05) is 38.1 Å². The molecule has 2 aromatic rings. The van der Waals surface area contributed by atoms with Gasteiger partial charge in [0, 0.05) is 23.3 Å². The first kappa shape index (κ1) is 15.4. The van der Waals surface area contributed by atoms with Crippen LogP contribution >= 0.6 is 11.6 Å². The first-order chi connectivity index (χ1) is 9.91. The molecule has 0 radical (unpaired) electrons. The molecule has 0 saturated carbocycles. The SMILES string of the molecule is Cc1cc(N)ccc1C(=O)N(C)C(C)c1ccccc1Cl. The van der Waals surface area contributed by atoms with E-state index >= 15 is 0 Å². The van der Waals surface area contributed by atoms with E-state index in [9.17, 15) is 4.79 Å². The molecule has 2 rings (SSSR count). The predicted molar refractivity (Wildman–Crippen MR) is 87.6 cm³/mol. The number of nitrogens with zero attached hydrogens (tertiary/aromatic N) is 1. The van der Waals surface area contributed by atoms with E-state index in [-0.39, 0.29) is 11.9 Å². The number of amides is 1. The maximum atomic E-state index is 12.6. The number of benzene rings is 2. The molecule has 0 fully saturated rings. The molecule has 3 nitrogen and oxygen atoms in total. The van der Waals surface area contributed by atoms with Crippen LogP contribution in [0, 0.1) is 6.92 Å². The van der Waals surface area contributed by atoms with Gasteiger partial charge in [-0.15, -0.1) is 0 Å². The number of hydrogen-bond acceptors (Lipinski definition) is 2. The standard InChI is InChI=1S/C17H19ClN2O/c1-11-10-13(19)8-9-14(11)17(21)20(3)12(2)15-6-4-5-7-16(15)18/h4-10,12H,19H2,1-3H3. The van der Waals surface area contributed by atoms with Gasteiger partial charge < -0.3 is 10.6 Å². The van der Waals surface area contributed by atoms with Gasteiger partial charge in [0.15, 0.2) is 0 Å². The van der Waals surface area contributed by atoms with Crippen molar-refractivity contribution in [2.45, 2.75) is 19.9 Å². The fourth-order valence-corrected chi connectivity index (χ4v) is 2.61. The van der Waals surface area contributed by atoms with Crippen LogP contribution in [-0.2, 0) is 0 Å². The molecule has 21 heavy (non-hydrogen) atoms. The summed E-state index contributed by atoms with van der Waals surface area (Å²) in [5.74, 6) is -0.0417. The number of carbonyl (C=O) groups excluding carboxylic acids is 1. The van der Waals surface area contributed by atoms with Gasteiger partial charge in [0.25, 0.3) is 5.91 Å². The molecule has 0 aromatic heterocycles. The summed E-state index contributed by atoms with van der Waals surface area (Å²) >= 11 is 6.21. The summed E-state index contributed by atoms with van der Waals surface area (Å²) in [7, 11) is 1.78. The van der Waals surface area contributed by atoms with Crippen molar-refractivity contribution in [1.29, 1.82) is 0 Å². The maximum absolute atomic E-state index is 12.6. The second kappa shape index (κ2) is 6.19. The molecular weight excluding hydrogens is 284 g/mol. The van der Waals surface area contributed by atoms with E-state index < -0.39 is 0 Å². The number of carbonyl (C=O) groups is 1. The Morgan fingerprint density at radius 3 is 2.52 bits per heavy atom. The third-order valence-corrected chi connectivity index (χ3v) is 4.08. The van der Waals surface area contributed by atoms with Gasteiger partial charge in [0.2, 0.25) is 0 Å². The van der Waals surface area contributed by atoms with Gasteiger partial charge in [-0.25, -0.2) is 0 Å². The lowest BCUT2D eigenvalue weighted by Gasteiger charge is -2.26. The lowest BCUT2D eigenvalue weighted by atomic mass is 10.0. The number of nitrogen functional groups attached to an aromatic ring is 1. The van der Waals surface area contributed by atoms with Crippen LogP contribution in [0.2, 0.25) is 5.02 Å². The molecule has 0 aliphatic carbocycles. The average molecular weight is 303 g/mol. The van der Waals surface area contributed by atoms with Gasteiger partial charge in [-0.1, -0.05) is 29.8 Å². The van der Waals surface area contributed by atoms with E-state index in [1.165, 1.54) is 0 Å². The molecular formula is C17H19ClN2O. The van der Waals surface area contributed by atoms with Crippen molar-refractivity contribution in [3.05, 3.63) is 64.2 Å². The summed E-state index contributed by atoms with van der Waals surface area (Å²) in [6, 6.07) is 12.8. The molecule has 2 N–H and O–H groups in total. The number of anilines is 1. The first-order valence-electron chi connectivity index (χ1n) is 6.79. The highest BCUT2D eigenvalue weighted by Crippen LogP contribution is 2.27. The molecule has 0 aliphatic heterocycles. The van der Waals surface area contributed by atoms with Crippen molar-refractivity contribution in [2.24, 2.45) is 0 Å².